The molecule has 1 aromatic rings. The molecule has 0 fully saturated rings. The normalized spacial score (nSPS) is 20.0. The maximum absolute atomic E-state index is 10.2. The second-order valence-corrected chi connectivity index (χ2v) is 7.04. The molecule has 2 aliphatic rings. The molecule has 2 atom stereocenters. The Kier molecular flexibility index (Phi) is 8.49. The molecule has 140 valence electrons. The highest BCUT2D eigenvalue weighted by molar-refractivity contribution is 14.0. The summed E-state index contributed by atoms with van der Waals surface area (Å²) in [5, 5.41) is 13.6. The van der Waals surface area contributed by atoms with Gasteiger partial charge in [-0.25, -0.2) is 0 Å². The molecule has 2 unspecified atom stereocenters. The van der Waals surface area contributed by atoms with Gasteiger partial charge in [0.15, 0.2) is 5.96 Å². The van der Waals surface area contributed by atoms with Gasteiger partial charge in [-0.1, -0.05) is 56.9 Å². The first-order valence-electron chi connectivity index (χ1n) is 9.60. The summed E-state index contributed by atoms with van der Waals surface area (Å²) in [7, 11) is 0. The monoisotopic (exact) mass is 457 g/mol. The lowest BCUT2D eigenvalue weighted by Gasteiger charge is -2.42. The van der Waals surface area contributed by atoms with Gasteiger partial charge in [0, 0.05) is 19.6 Å². The lowest BCUT2D eigenvalue weighted by molar-refractivity contribution is 0.160. The summed E-state index contributed by atoms with van der Waals surface area (Å²) < 4.78 is 0. The number of fused-ring (bicyclic) bond motifs is 3. The molecule has 1 aromatic carbocycles. The highest BCUT2D eigenvalue weighted by Crippen LogP contribution is 2.33. The number of hydrogen-bond donors (Lipinski definition) is 2. The molecule has 4 nitrogen and oxygen atoms in total. The van der Waals surface area contributed by atoms with E-state index in [1.807, 2.05) is 0 Å². The van der Waals surface area contributed by atoms with Crippen molar-refractivity contribution in [2.24, 2.45) is 4.99 Å². The average molecular weight is 457 g/mol. The van der Waals surface area contributed by atoms with Crippen molar-refractivity contribution in [3.05, 3.63) is 35.4 Å². The molecular weight excluding hydrogens is 425 g/mol. The highest BCUT2D eigenvalue weighted by atomic mass is 127. The Morgan fingerprint density at radius 2 is 2.12 bits per heavy atom. The quantitative estimate of drug-likeness (QED) is 0.483. The summed E-state index contributed by atoms with van der Waals surface area (Å²) in [5.41, 5.74) is 2.94. The summed E-state index contributed by atoms with van der Waals surface area (Å²) in [4.78, 5) is 7.09. The molecule has 2 N–H and O–H groups in total. The Labute approximate surface area is 169 Å². The van der Waals surface area contributed by atoms with E-state index >= 15 is 0 Å². The van der Waals surface area contributed by atoms with Gasteiger partial charge in [0.2, 0.25) is 0 Å². The van der Waals surface area contributed by atoms with Gasteiger partial charge >= 0.3 is 0 Å². The fourth-order valence-electron chi connectivity index (χ4n) is 3.88. The highest BCUT2D eigenvalue weighted by Gasteiger charge is 2.31. The Bertz CT molecular complexity index is 564. The van der Waals surface area contributed by atoms with Gasteiger partial charge in [-0.3, -0.25) is 4.99 Å². The van der Waals surface area contributed by atoms with E-state index in [2.05, 4.69) is 46.4 Å². The number of aliphatic imine (C=N–C) groups is 1. The van der Waals surface area contributed by atoms with Gasteiger partial charge in [0.05, 0.1) is 12.1 Å². The fourth-order valence-corrected chi connectivity index (χ4v) is 3.88. The molecule has 0 bridgehead atoms. The predicted octanol–water partition coefficient (Wildman–Crippen LogP) is 3.88. The van der Waals surface area contributed by atoms with Crippen molar-refractivity contribution in [3.63, 3.8) is 0 Å². The third-order valence-electron chi connectivity index (χ3n) is 5.24. The first-order valence-corrected chi connectivity index (χ1v) is 9.60. The second-order valence-electron chi connectivity index (χ2n) is 7.04. The molecule has 0 radical (unpaired) electrons. The molecule has 25 heavy (non-hydrogen) atoms. The number of nitrogens with zero attached hydrogens (tertiary/aromatic N) is 2. The number of halogens is 1. The van der Waals surface area contributed by atoms with Gasteiger partial charge in [-0.05, 0) is 30.4 Å². The number of hydrogen-bond acceptors (Lipinski definition) is 4. The third-order valence-corrected chi connectivity index (χ3v) is 5.24. The summed E-state index contributed by atoms with van der Waals surface area (Å²) in [5.74, 6) is 0.980. The van der Waals surface area contributed by atoms with Crippen molar-refractivity contribution in [2.75, 3.05) is 19.6 Å². The number of aliphatic hydroxyl groups excluding tert-OH is 1. The predicted molar refractivity (Wildman–Crippen MR) is 115 cm³/mol. The molecule has 0 aromatic heterocycles. The molecule has 0 amide bonds. The number of aliphatic hydroxyl groups is 1. The SMILES string of the molecule is CCCCCCC(O)CNC1=NCCC2c3ccccc3CCN12.I. The first-order chi connectivity index (χ1) is 11.8. The summed E-state index contributed by atoms with van der Waals surface area (Å²) >= 11 is 0. The lowest BCUT2D eigenvalue weighted by Crippen LogP contribution is -2.50. The van der Waals surface area contributed by atoms with Gasteiger partial charge < -0.3 is 15.3 Å². The van der Waals surface area contributed by atoms with Crippen LogP contribution in [0.2, 0.25) is 0 Å². The standard InChI is InChI=1S/C20H31N3O.HI/c1-2-3-4-5-9-17(24)15-22-20-21-13-11-19-18-10-7-6-8-16(18)12-14-23(19)20;/h6-8,10,17,19,24H,2-5,9,11-15H2,1H3,(H,21,22);1H. The van der Waals surface area contributed by atoms with Crippen LogP contribution in [0.1, 0.15) is 62.6 Å². The molecular formula is C20H32IN3O. The minimum Gasteiger partial charge on any atom is -0.391 e. The minimum atomic E-state index is -0.276. The molecule has 0 spiro atoms. The second kappa shape index (κ2) is 10.4. The van der Waals surface area contributed by atoms with Crippen LogP contribution in [-0.4, -0.2) is 41.7 Å². The van der Waals surface area contributed by atoms with E-state index in [0.717, 1.165) is 44.7 Å². The van der Waals surface area contributed by atoms with Crippen molar-refractivity contribution in [2.45, 2.75) is 64.0 Å². The Hall–Kier alpha value is -0.820. The van der Waals surface area contributed by atoms with Gasteiger partial charge in [0.25, 0.3) is 0 Å². The van der Waals surface area contributed by atoms with Crippen LogP contribution in [-0.2, 0) is 6.42 Å². The summed E-state index contributed by atoms with van der Waals surface area (Å²) in [6, 6.07) is 9.24. The van der Waals surface area contributed by atoms with E-state index < -0.39 is 0 Å². The number of guanidine groups is 1. The van der Waals surface area contributed by atoms with E-state index in [1.165, 1.54) is 30.4 Å². The Morgan fingerprint density at radius 3 is 2.96 bits per heavy atom. The minimum absolute atomic E-state index is 0. The van der Waals surface area contributed by atoms with E-state index in [9.17, 15) is 5.11 Å². The zero-order chi connectivity index (χ0) is 16.8. The van der Waals surface area contributed by atoms with Crippen molar-refractivity contribution >= 4 is 29.9 Å². The Morgan fingerprint density at radius 1 is 1.28 bits per heavy atom. The summed E-state index contributed by atoms with van der Waals surface area (Å²) in [6.45, 7) is 4.70. The first kappa shape index (κ1) is 20.5. The molecule has 0 saturated carbocycles. The largest absolute Gasteiger partial charge is 0.391 e. The van der Waals surface area contributed by atoms with Crippen LogP contribution in [0.3, 0.4) is 0 Å². The molecule has 0 aliphatic carbocycles. The lowest BCUT2D eigenvalue weighted by atomic mass is 9.90. The van der Waals surface area contributed by atoms with E-state index in [4.69, 9.17) is 0 Å². The maximum Gasteiger partial charge on any atom is 0.194 e. The van der Waals surface area contributed by atoms with Crippen molar-refractivity contribution in [1.29, 1.82) is 0 Å². The van der Waals surface area contributed by atoms with Crippen molar-refractivity contribution in [3.8, 4) is 0 Å². The third kappa shape index (κ3) is 5.33. The van der Waals surface area contributed by atoms with Crippen LogP contribution in [0.15, 0.2) is 29.3 Å². The van der Waals surface area contributed by atoms with Crippen LogP contribution in [0.25, 0.3) is 0 Å². The molecule has 2 heterocycles. The zero-order valence-electron chi connectivity index (χ0n) is 15.3. The molecule has 3 rings (SSSR count). The van der Waals surface area contributed by atoms with Crippen LogP contribution >= 0.6 is 24.0 Å². The van der Waals surface area contributed by atoms with Crippen LogP contribution in [0, 0.1) is 0 Å². The average Bonchev–Trinajstić information content (AvgIpc) is 2.63. The number of benzene rings is 1. The number of rotatable bonds is 7. The number of unbranched alkanes of at least 4 members (excludes halogenated alkanes) is 3. The molecule has 2 aliphatic heterocycles. The van der Waals surface area contributed by atoms with Gasteiger partial charge in [-0.15, -0.1) is 24.0 Å². The molecule has 5 heteroatoms. The molecule has 0 saturated heterocycles. The van der Waals surface area contributed by atoms with E-state index in [0.29, 0.717) is 12.6 Å². The van der Waals surface area contributed by atoms with E-state index in [-0.39, 0.29) is 30.1 Å². The number of nitrogens with one attached hydrogen (secondary N) is 1. The van der Waals surface area contributed by atoms with Crippen molar-refractivity contribution in [1.82, 2.24) is 10.2 Å². The Balaban J connectivity index is 0.00000225. The maximum atomic E-state index is 10.2. The van der Waals surface area contributed by atoms with Crippen LogP contribution < -0.4 is 5.32 Å². The van der Waals surface area contributed by atoms with Gasteiger partial charge in [0.1, 0.15) is 0 Å². The smallest absolute Gasteiger partial charge is 0.194 e. The fraction of sp³-hybridized carbons (Fsp3) is 0.650. The zero-order valence-corrected chi connectivity index (χ0v) is 17.6. The topological polar surface area (TPSA) is 47.9 Å². The van der Waals surface area contributed by atoms with Crippen molar-refractivity contribution < 1.29 is 5.11 Å². The summed E-state index contributed by atoms with van der Waals surface area (Å²) in [6.07, 6.45) is 7.61. The van der Waals surface area contributed by atoms with Gasteiger partial charge in [-0.2, -0.15) is 0 Å². The van der Waals surface area contributed by atoms with Crippen LogP contribution in [0.4, 0.5) is 0 Å². The van der Waals surface area contributed by atoms with Crippen LogP contribution in [0.5, 0.6) is 0 Å². The van der Waals surface area contributed by atoms with E-state index in [1.54, 1.807) is 0 Å².